The van der Waals surface area contributed by atoms with Crippen molar-refractivity contribution in [2.75, 3.05) is 0 Å². The molecule has 0 saturated heterocycles. The van der Waals surface area contributed by atoms with E-state index in [2.05, 4.69) is 12.2 Å². The number of hydrogen-bond donors (Lipinski definition) is 0. The van der Waals surface area contributed by atoms with Crippen LogP contribution in [0.25, 0.3) is 0 Å². The van der Waals surface area contributed by atoms with Crippen LogP contribution in [-0.4, -0.2) is 12.1 Å². The van der Waals surface area contributed by atoms with Crippen molar-refractivity contribution in [1.82, 2.24) is 0 Å². The summed E-state index contributed by atoms with van der Waals surface area (Å²) in [6.45, 7) is 5.92. The van der Waals surface area contributed by atoms with Gasteiger partial charge in [0.2, 0.25) is 0 Å². The minimum absolute atomic E-state index is 0.0515. The number of carbonyl (C=O) groups is 1. The monoisotopic (exact) mass is 208 g/mol. The third-order valence-corrected chi connectivity index (χ3v) is 2.47. The molecular formula is C13H20O2. The van der Waals surface area contributed by atoms with Crippen molar-refractivity contribution in [2.24, 2.45) is 5.92 Å². The van der Waals surface area contributed by atoms with Crippen molar-refractivity contribution >= 4 is 5.97 Å². The molecule has 0 spiro atoms. The van der Waals surface area contributed by atoms with Gasteiger partial charge in [0.15, 0.2) is 0 Å². The van der Waals surface area contributed by atoms with E-state index in [0.717, 1.165) is 19.3 Å². The molecule has 0 aliphatic heterocycles. The molecule has 0 aromatic rings. The van der Waals surface area contributed by atoms with E-state index < -0.39 is 0 Å². The van der Waals surface area contributed by atoms with E-state index in [4.69, 9.17) is 4.74 Å². The quantitative estimate of drug-likeness (QED) is 0.525. The SMILES string of the molecule is CC(C)=CC(C)OC(=O)C1CC=CCC1. The second-order valence-corrected chi connectivity index (χ2v) is 4.37. The van der Waals surface area contributed by atoms with Crippen LogP contribution in [0.4, 0.5) is 0 Å². The summed E-state index contributed by atoms with van der Waals surface area (Å²) in [4.78, 5) is 11.7. The first-order valence-electron chi connectivity index (χ1n) is 5.60. The second-order valence-electron chi connectivity index (χ2n) is 4.37. The lowest BCUT2D eigenvalue weighted by atomic mass is 9.95. The van der Waals surface area contributed by atoms with E-state index >= 15 is 0 Å². The molecular weight excluding hydrogens is 188 g/mol. The average molecular weight is 208 g/mol. The van der Waals surface area contributed by atoms with Gasteiger partial charge in [0.25, 0.3) is 0 Å². The number of carbonyl (C=O) groups excluding carboxylic acids is 1. The predicted molar refractivity (Wildman–Crippen MR) is 61.5 cm³/mol. The van der Waals surface area contributed by atoms with Gasteiger partial charge in [-0.25, -0.2) is 0 Å². The third kappa shape index (κ3) is 4.32. The first-order chi connectivity index (χ1) is 7.09. The zero-order chi connectivity index (χ0) is 11.3. The van der Waals surface area contributed by atoms with Crippen molar-refractivity contribution in [3.63, 3.8) is 0 Å². The van der Waals surface area contributed by atoms with E-state index in [0.29, 0.717) is 0 Å². The smallest absolute Gasteiger partial charge is 0.309 e. The van der Waals surface area contributed by atoms with Gasteiger partial charge in [0.05, 0.1) is 5.92 Å². The van der Waals surface area contributed by atoms with E-state index in [1.807, 2.05) is 26.8 Å². The molecule has 0 saturated carbocycles. The van der Waals surface area contributed by atoms with Crippen LogP contribution in [0.1, 0.15) is 40.0 Å². The lowest BCUT2D eigenvalue weighted by Gasteiger charge is -2.18. The normalized spacial score (nSPS) is 21.9. The molecule has 1 aliphatic rings. The van der Waals surface area contributed by atoms with Gasteiger partial charge in [-0.05, 0) is 46.1 Å². The van der Waals surface area contributed by atoms with Crippen molar-refractivity contribution in [3.05, 3.63) is 23.8 Å². The van der Waals surface area contributed by atoms with Crippen LogP contribution in [0, 0.1) is 5.92 Å². The molecule has 2 unspecified atom stereocenters. The van der Waals surface area contributed by atoms with Gasteiger partial charge < -0.3 is 4.74 Å². The van der Waals surface area contributed by atoms with Crippen molar-refractivity contribution in [3.8, 4) is 0 Å². The molecule has 1 rings (SSSR count). The number of ether oxygens (including phenoxy) is 1. The lowest BCUT2D eigenvalue weighted by molar-refractivity contribution is -0.151. The van der Waals surface area contributed by atoms with E-state index in [1.165, 1.54) is 5.57 Å². The molecule has 2 nitrogen and oxygen atoms in total. The van der Waals surface area contributed by atoms with Gasteiger partial charge >= 0.3 is 5.97 Å². The number of allylic oxidation sites excluding steroid dienone is 3. The summed E-state index contributed by atoms with van der Waals surface area (Å²) in [5, 5.41) is 0. The molecule has 0 aromatic heterocycles. The molecule has 0 radical (unpaired) electrons. The summed E-state index contributed by atoms with van der Waals surface area (Å²) in [7, 11) is 0. The molecule has 0 amide bonds. The van der Waals surface area contributed by atoms with Gasteiger partial charge in [-0.3, -0.25) is 4.79 Å². The molecule has 15 heavy (non-hydrogen) atoms. The maximum atomic E-state index is 11.7. The fourth-order valence-electron chi connectivity index (χ4n) is 1.79. The third-order valence-electron chi connectivity index (χ3n) is 2.47. The van der Waals surface area contributed by atoms with Crippen LogP contribution in [0.3, 0.4) is 0 Å². The van der Waals surface area contributed by atoms with Crippen molar-refractivity contribution < 1.29 is 9.53 Å². The topological polar surface area (TPSA) is 26.3 Å². The molecule has 2 heteroatoms. The van der Waals surface area contributed by atoms with Gasteiger partial charge in [-0.1, -0.05) is 17.7 Å². The van der Waals surface area contributed by atoms with E-state index in [9.17, 15) is 4.79 Å². The van der Waals surface area contributed by atoms with Crippen LogP contribution in [0.2, 0.25) is 0 Å². The number of hydrogen-bond acceptors (Lipinski definition) is 2. The molecule has 0 aromatic carbocycles. The first kappa shape index (κ1) is 12.0. The Morgan fingerprint density at radius 3 is 2.73 bits per heavy atom. The zero-order valence-corrected chi connectivity index (χ0v) is 9.82. The summed E-state index contributed by atoms with van der Waals surface area (Å²) in [5.41, 5.74) is 1.18. The summed E-state index contributed by atoms with van der Waals surface area (Å²) in [5.74, 6) is 0.0207. The van der Waals surface area contributed by atoms with Gasteiger partial charge in [0.1, 0.15) is 6.10 Å². The fourth-order valence-corrected chi connectivity index (χ4v) is 1.79. The Kier molecular flexibility index (Phi) is 4.60. The number of rotatable bonds is 3. The Morgan fingerprint density at radius 2 is 2.20 bits per heavy atom. The summed E-state index contributed by atoms with van der Waals surface area (Å²) < 4.78 is 5.35. The van der Waals surface area contributed by atoms with Crippen LogP contribution >= 0.6 is 0 Å². The van der Waals surface area contributed by atoms with Crippen molar-refractivity contribution in [2.45, 2.75) is 46.1 Å². The van der Waals surface area contributed by atoms with Crippen LogP contribution < -0.4 is 0 Å². The molecule has 1 aliphatic carbocycles. The zero-order valence-electron chi connectivity index (χ0n) is 9.82. The Labute approximate surface area is 92.0 Å². The van der Waals surface area contributed by atoms with Crippen LogP contribution in [0.15, 0.2) is 23.8 Å². The fraction of sp³-hybridized carbons (Fsp3) is 0.615. The highest BCUT2D eigenvalue weighted by Crippen LogP contribution is 2.20. The molecule has 84 valence electrons. The minimum Gasteiger partial charge on any atom is -0.458 e. The highest BCUT2D eigenvalue weighted by molar-refractivity contribution is 5.73. The first-order valence-corrected chi connectivity index (χ1v) is 5.60. The molecule has 0 bridgehead atoms. The number of esters is 1. The lowest BCUT2D eigenvalue weighted by Crippen LogP contribution is -2.22. The Hall–Kier alpha value is -1.05. The second kappa shape index (κ2) is 5.74. The van der Waals surface area contributed by atoms with Crippen LogP contribution in [0.5, 0.6) is 0 Å². The Morgan fingerprint density at radius 1 is 1.47 bits per heavy atom. The minimum atomic E-state index is -0.103. The average Bonchev–Trinajstić information content (AvgIpc) is 2.17. The maximum Gasteiger partial charge on any atom is 0.309 e. The van der Waals surface area contributed by atoms with Gasteiger partial charge in [0, 0.05) is 0 Å². The van der Waals surface area contributed by atoms with Gasteiger partial charge in [-0.2, -0.15) is 0 Å². The standard InChI is InChI=1S/C13H20O2/c1-10(2)9-11(3)15-13(14)12-7-5-4-6-8-12/h4-5,9,11-12H,6-8H2,1-3H3. The highest BCUT2D eigenvalue weighted by atomic mass is 16.5. The van der Waals surface area contributed by atoms with E-state index in [-0.39, 0.29) is 18.0 Å². The molecule has 0 fully saturated rings. The predicted octanol–water partition coefficient (Wildman–Crippen LogP) is 3.24. The van der Waals surface area contributed by atoms with E-state index in [1.54, 1.807) is 0 Å². The van der Waals surface area contributed by atoms with Gasteiger partial charge in [-0.15, -0.1) is 0 Å². The maximum absolute atomic E-state index is 11.7. The largest absolute Gasteiger partial charge is 0.458 e. The Bertz CT molecular complexity index is 272. The Balaban J connectivity index is 2.41. The van der Waals surface area contributed by atoms with Crippen LogP contribution in [-0.2, 0) is 9.53 Å². The molecule has 0 heterocycles. The highest BCUT2D eigenvalue weighted by Gasteiger charge is 2.21. The summed E-state index contributed by atoms with van der Waals surface area (Å²) in [6, 6.07) is 0. The van der Waals surface area contributed by atoms with Crippen molar-refractivity contribution in [1.29, 1.82) is 0 Å². The molecule has 0 N–H and O–H groups in total. The summed E-state index contributed by atoms with van der Waals surface area (Å²) >= 11 is 0. The molecule has 2 atom stereocenters. The summed E-state index contributed by atoms with van der Waals surface area (Å²) in [6.07, 6.45) is 8.82.